The second kappa shape index (κ2) is 5.38. The zero-order valence-corrected chi connectivity index (χ0v) is 9.66. The van der Waals surface area contributed by atoms with Crippen molar-refractivity contribution >= 4 is 11.8 Å². The van der Waals surface area contributed by atoms with E-state index in [0.29, 0.717) is 0 Å². The van der Waals surface area contributed by atoms with Gasteiger partial charge in [0, 0.05) is 17.9 Å². The summed E-state index contributed by atoms with van der Waals surface area (Å²) in [6, 6.07) is 4.40. The highest BCUT2D eigenvalue weighted by Gasteiger charge is 1.99. The van der Waals surface area contributed by atoms with Crippen molar-refractivity contribution in [1.29, 1.82) is 0 Å². The van der Waals surface area contributed by atoms with Crippen LogP contribution in [0.15, 0.2) is 12.1 Å². The van der Waals surface area contributed by atoms with Crippen molar-refractivity contribution in [3.8, 4) is 0 Å². The molecule has 0 aromatic carbocycles. The predicted octanol–water partition coefficient (Wildman–Crippen LogP) is 3.25. The number of rotatable bonds is 5. The molecule has 0 N–H and O–H groups in total. The zero-order valence-electron chi connectivity index (χ0n) is 8.84. The topological polar surface area (TPSA) is 4.93 Å². The van der Waals surface area contributed by atoms with E-state index in [4.69, 9.17) is 0 Å². The SMILES string of the molecule is CSCCCCn1c(C)ccc1C. The Morgan fingerprint density at radius 3 is 2.31 bits per heavy atom. The second-order valence-electron chi connectivity index (χ2n) is 3.47. The molecular weight excluding hydrogens is 178 g/mol. The van der Waals surface area contributed by atoms with Gasteiger partial charge in [0.1, 0.15) is 0 Å². The molecule has 0 amide bonds. The quantitative estimate of drug-likeness (QED) is 0.656. The summed E-state index contributed by atoms with van der Waals surface area (Å²) in [6.07, 6.45) is 4.81. The first-order valence-corrected chi connectivity index (χ1v) is 6.26. The van der Waals surface area contributed by atoms with Gasteiger partial charge in [0.2, 0.25) is 0 Å². The highest BCUT2D eigenvalue weighted by atomic mass is 32.2. The van der Waals surface area contributed by atoms with Gasteiger partial charge in [-0.05, 0) is 50.8 Å². The van der Waals surface area contributed by atoms with E-state index < -0.39 is 0 Å². The summed E-state index contributed by atoms with van der Waals surface area (Å²) in [5, 5.41) is 0. The first kappa shape index (κ1) is 10.7. The van der Waals surface area contributed by atoms with Crippen LogP contribution in [-0.2, 0) is 6.54 Å². The molecular formula is C11H19NS. The van der Waals surface area contributed by atoms with Crippen LogP contribution in [0.5, 0.6) is 0 Å². The van der Waals surface area contributed by atoms with Gasteiger partial charge < -0.3 is 4.57 Å². The van der Waals surface area contributed by atoms with Gasteiger partial charge in [-0.2, -0.15) is 11.8 Å². The summed E-state index contributed by atoms with van der Waals surface area (Å²) < 4.78 is 2.40. The fraction of sp³-hybridized carbons (Fsp3) is 0.636. The van der Waals surface area contributed by atoms with Gasteiger partial charge in [-0.3, -0.25) is 0 Å². The van der Waals surface area contributed by atoms with E-state index in [0.717, 1.165) is 0 Å². The van der Waals surface area contributed by atoms with Crippen LogP contribution < -0.4 is 0 Å². The molecule has 0 aliphatic heterocycles. The lowest BCUT2D eigenvalue weighted by molar-refractivity contribution is 0.612. The van der Waals surface area contributed by atoms with Crippen molar-refractivity contribution in [2.75, 3.05) is 12.0 Å². The van der Waals surface area contributed by atoms with E-state index in [9.17, 15) is 0 Å². The van der Waals surface area contributed by atoms with Crippen LogP contribution in [0.1, 0.15) is 24.2 Å². The standard InChI is InChI=1S/C11H19NS/c1-10-6-7-11(2)12(10)8-4-5-9-13-3/h6-7H,4-5,8-9H2,1-3H3. The van der Waals surface area contributed by atoms with E-state index in [-0.39, 0.29) is 0 Å². The largest absolute Gasteiger partial charge is 0.349 e. The fourth-order valence-electron chi connectivity index (χ4n) is 1.57. The highest BCUT2D eigenvalue weighted by Crippen LogP contribution is 2.09. The third-order valence-electron chi connectivity index (χ3n) is 2.40. The van der Waals surface area contributed by atoms with Crippen molar-refractivity contribution in [3.63, 3.8) is 0 Å². The van der Waals surface area contributed by atoms with Gasteiger partial charge in [0.25, 0.3) is 0 Å². The molecule has 0 atom stereocenters. The molecule has 0 bridgehead atoms. The van der Waals surface area contributed by atoms with Gasteiger partial charge in [0.05, 0.1) is 0 Å². The van der Waals surface area contributed by atoms with Crippen molar-refractivity contribution in [2.45, 2.75) is 33.2 Å². The van der Waals surface area contributed by atoms with Gasteiger partial charge in [-0.25, -0.2) is 0 Å². The average molecular weight is 197 g/mol. The Bertz CT molecular complexity index is 233. The predicted molar refractivity (Wildman–Crippen MR) is 61.5 cm³/mol. The lowest BCUT2D eigenvalue weighted by Gasteiger charge is -2.08. The minimum Gasteiger partial charge on any atom is -0.349 e. The molecule has 1 nitrogen and oxygen atoms in total. The minimum absolute atomic E-state index is 1.19. The van der Waals surface area contributed by atoms with Crippen LogP contribution in [-0.4, -0.2) is 16.6 Å². The molecule has 0 radical (unpaired) electrons. The number of aryl methyl sites for hydroxylation is 2. The molecule has 74 valence electrons. The van der Waals surface area contributed by atoms with Gasteiger partial charge in [0.15, 0.2) is 0 Å². The maximum absolute atomic E-state index is 2.40. The monoisotopic (exact) mass is 197 g/mol. The smallest absolute Gasteiger partial charge is 0.0224 e. The lowest BCUT2D eigenvalue weighted by Crippen LogP contribution is -2.02. The van der Waals surface area contributed by atoms with Crippen LogP contribution in [0.4, 0.5) is 0 Å². The second-order valence-corrected chi connectivity index (χ2v) is 4.45. The van der Waals surface area contributed by atoms with Gasteiger partial charge in [-0.15, -0.1) is 0 Å². The molecule has 0 spiro atoms. The molecule has 1 heterocycles. The Hall–Kier alpha value is -0.370. The Morgan fingerprint density at radius 1 is 1.15 bits per heavy atom. The number of nitrogens with zero attached hydrogens (tertiary/aromatic N) is 1. The van der Waals surface area contributed by atoms with Crippen molar-refractivity contribution in [1.82, 2.24) is 4.57 Å². The van der Waals surface area contributed by atoms with E-state index >= 15 is 0 Å². The summed E-state index contributed by atoms with van der Waals surface area (Å²) in [7, 11) is 0. The number of unbranched alkanes of at least 4 members (excludes halogenated alkanes) is 1. The molecule has 1 aromatic heterocycles. The number of aromatic nitrogens is 1. The molecule has 0 saturated carbocycles. The Kier molecular flexibility index (Phi) is 4.43. The minimum atomic E-state index is 1.19. The normalized spacial score (nSPS) is 10.7. The molecule has 0 aliphatic rings. The Morgan fingerprint density at radius 2 is 1.77 bits per heavy atom. The fourth-order valence-corrected chi connectivity index (χ4v) is 2.06. The molecule has 0 aliphatic carbocycles. The Labute approximate surface area is 85.5 Å². The van der Waals surface area contributed by atoms with Crippen LogP contribution in [0, 0.1) is 13.8 Å². The maximum atomic E-state index is 2.40. The van der Waals surface area contributed by atoms with Crippen molar-refractivity contribution in [2.24, 2.45) is 0 Å². The molecule has 0 unspecified atom stereocenters. The third kappa shape index (κ3) is 3.11. The summed E-state index contributed by atoms with van der Waals surface area (Å²) >= 11 is 1.94. The molecule has 1 rings (SSSR count). The van der Waals surface area contributed by atoms with Gasteiger partial charge >= 0.3 is 0 Å². The molecule has 13 heavy (non-hydrogen) atoms. The summed E-state index contributed by atoms with van der Waals surface area (Å²) in [5.41, 5.74) is 2.78. The molecule has 0 saturated heterocycles. The van der Waals surface area contributed by atoms with Crippen LogP contribution >= 0.6 is 11.8 Å². The maximum Gasteiger partial charge on any atom is 0.0224 e. The average Bonchev–Trinajstić information content (AvgIpc) is 2.42. The molecule has 1 aromatic rings. The van der Waals surface area contributed by atoms with Gasteiger partial charge in [-0.1, -0.05) is 0 Å². The van der Waals surface area contributed by atoms with E-state index in [1.54, 1.807) is 0 Å². The zero-order chi connectivity index (χ0) is 9.68. The molecule has 0 fully saturated rings. The third-order valence-corrected chi connectivity index (χ3v) is 3.09. The first-order valence-electron chi connectivity index (χ1n) is 4.87. The van der Waals surface area contributed by atoms with Crippen LogP contribution in [0.25, 0.3) is 0 Å². The van der Waals surface area contributed by atoms with E-state index in [1.807, 2.05) is 11.8 Å². The van der Waals surface area contributed by atoms with Crippen molar-refractivity contribution < 1.29 is 0 Å². The molecule has 2 heteroatoms. The summed E-state index contributed by atoms with van der Waals surface area (Å²) in [4.78, 5) is 0. The summed E-state index contributed by atoms with van der Waals surface area (Å²) in [6.45, 7) is 5.55. The van der Waals surface area contributed by atoms with E-state index in [2.05, 4.69) is 36.8 Å². The van der Waals surface area contributed by atoms with E-state index in [1.165, 1.54) is 36.5 Å². The summed E-state index contributed by atoms with van der Waals surface area (Å²) in [5.74, 6) is 1.29. The number of hydrogen-bond donors (Lipinski definition) is 0. The van der Waals surface area contributed by atoms with Crippen LogP contribution in [0.3, 0.4) is 0 Å². The Balaban J connectivity index is 2.36. The van der Waals surface area contributed by atoms with Crippen molar-refractivity contribution in [3.05, 3.63) is 23.5 Å². The van der Waals surface area contributed by atoms with Crippen LogP contribution in [0.2, 0.25) is 0 Å². The number of hydrogen-bond acceptors (Lipinski definition) is 1. The first-order chi connectivity index (χ1) is 6.25. The highest BCUT2D eigenvalue weighted by molar-refractivity contribution is 7.98. The lowest BCUT2D eigenvalue weighted by atomic mass is 10.3. The number of thioether (sulfide) groups is 1.